The SMILES string of the molecule is O=C(O)CC1CON=C1c1ccccc1. The maximum Gasteiger partial charge on any atom is 0.304 e. The zero-order valence-corrected chi connectivity index (χ0v) is 8.09. The minimum atomic E-state index is -0.825. The van der Waals surface area contributed by atoms with E-state index in [0.29, 0.717) is 6.61 Å². The molecule has 0 spiro atoms. The van der Waals surface area contributed by atoms with E-state index in [1.807, 2.05) is 30.3 Å². The predicted molar refractivity (Wildman–Crippen MR) is 54.7 cm³/mol. The van der Waals surface area contributed by atoms with Gasteiger partial charge in [0.2, 0.25) is 0 Å². The van der Waals surface area contributed by atoms with Crippen LogP contribution in [-0.2, 0) is 9.63 Å². The van der Waals surface area contributed by atoms with Crippen molar-refractivity contribution in [3.8, 4) is 0 Å². The summed E-state index contributed by atoms with van der Waals surface area (Å²) in [6, 6.07) is 9.51. The number of carbonyl (C=O) groups is 1. The van der Waals surface area contributed by atoms with Crippen molar-refractivity contribution >= 4 is 11.7 Å². The molecule has 0 amide bonds. The molecular formula is C11H11NO3. The molecule has 1 aliphatic heterocycles. The average molecular weight is 205 g/mol. The summed E-state index contributed by atoms with van der Waals surface area (Å²) in [5.41, 5.74) is 1.67. The van der Waals surface area contributed by atoms with Crippen molar-refractivity contribution in [1.82, 2.24) is 0 Å². The Morgan fingerprint density at radius 3 is 2.87 bits per heavy atom. The fraction of sp³-hybridized carbons (Fsp3) is 0.273. The molecule has 0 bridgehead atoms. The Labute approximate surface area is 87.2 Å². The zero-order valence-electron chi connectivity index (χ0n) is 8.09. The molecular weight excluding hydrogens is 194 g/mol. The highest BCUT2D eigenvalue weighted by atomic mass is 16.6. The fourth-order valence-electron chi connectivity index (χ4n) is 1.61. The third-order valence-electron chi connectivity index (χ3n) is 2.32. The van der Waals surface area contributed by atoms with E-state index < -0.39 is 5.97 Å². The van der Waals surface area contributed by atoms with Crippen LogP contribution in [0.4, 0.5) is 0 Å². The molecule has 1 heterocycles. The van der Waals surface area contributed by atoms with Crippen LogP contribution in [0.2, 0.25) is 0 Å². The first-order chi connectivity index (χ1) is 7.27. The fourth-order valence-corrected chi connectivity index (χ4v) is 1.61. The third-order valence-corrected chi connectivity index (χ3v) is 2.32. The second kappa shape index (κ2) is 4.13. The largest absolute Gasteiger partial charge is 0.481 e. The van der Waals surface area contributed by atoms with Crippen molar-refractivity contribution < 1.29 is 14.7 Å². The van der Waals surface area contributed by atoms with E-state index in [1.165, 1.54) is 0 Å². The molecule has 2 rings (SSSR count). The highest BCUT2D eigenvalue weighted by Crippen LogP contribution is 2.19. The Morgan fingerprint density at radius 2 is 2.20 bits per heavy atom. The summed E-state index contributed by atoms with van der Waals surface area (Å²) in [6.07, 6.45) is 0.0632. The molecule has 1 N–H and O–H groups in total. The van der Waals surface area contributed by atoms with E-state index in [2.05, 4.69) is 5.16 Å². The number of rotatable bonds is 3. The van der Waals surface area contributed by atoms with Gasteiger partial charge in [0, 0.05) is 0 Å². The lowest BCUT2D eigenvalue weighted by Crippen LogP contribution is -2.18. The zero-order chi connectivity index (χ0) is 10.7. The number of aliphatic carboxylic acids is 1. The summed E-state index contributed by atoms with van der Waals surface area (Å²) in [5, 5.41) is 12.6. The monoisotopic (exact) mass is 205 g/mol. The first-order valence-electron chi connectivity index (χ1n) is 4.74. The summed E-state index contributed by atoms with van der Waals surface area (Å²) >= 11 is 0. The second-order valence-electron chi connectivity index (χ2n) is 3.43. The number of oxime groups is 1. The highest BCUT2D eigenvalue weighted by molar-refractivity contribution is 6.03. The van der Waals surface area contributed by atoms with Gasteiger partial charge in [0.1, 0.15) is 6.61 Å². The molecule has 4 nitrogen and oxygen atoms in total. The number of nitrogens with zero attached hydrogens (tertiary/aromatic N) is 1. The van der Waals surface area contributed by atoms with E-state index in [0.717, 1.165) is 11.3 Å². The van der Waals surface area contributed by atoms with Crippen LogP contribution in [0.3, 0.4) is 0 Å². The summed E-state index contributed by atoms with van der Waals surface area (Å²) in [6.45, 7) is 0.358. The van der Waals surface area contributed by atoms with Gasteiger partial charge < -0.3 is 9.94 Å². The van der Waals surface area contributed by atoms with E-state index in [-0.39, 0.29) is 12.3 Å². The van der Waals surface area contributed by atoms with Crippen LogP contribution >= 0.6 is 0 Å². The second-order valence-corrected chi connectivity index (χ2v) is 3.43. The first-order valence-corrected chi connectivity index (χ1v) is 4.74. The summed E-state index contributed by atoms with van der Waals surface area (Å²) in [4.78, 5) is 15.6. The Kier molecular flexibility index (Phi) is 2.67. The third kappa shape index (κ3) is 2.15. The van der Waals surface area contributed by atoms with Crippen LogP contribution in [0, 0.1) is 5.92 Å². The standard InChI is InChI=1S/C11H11NO3/c13-10(14)6-9-7-15-12-11(9)8-4-2-1-3-5-8/h1-5,9H,6-7H2,(H,13,14). The molecule has 15 heavy (non-hydrogen) atoms. The predicted octanol–water partition coefficient (Wildman–Crippen LogP) is 1.51. The van der Waals surface area contributed by atoms with E-state index in [9.17, 15) is 4.79 Å². The number of hydrogen-bond donors (Lipinski definition) is 1. The molecule has 0 fully saturated rings. The van der Waals surface area contributed by atoms with E-state index >= 15 is 0 Å². The molecule has 1 unspecified atom stereocenters. The maximum absolute atomic E-state index is 10.6. The van der Waals surface area contributed by atoms with E-state index in [1.54, 1.807) is 0 Å². The lowest BCUT2D eigenvalue weighted by Gasteiger charge is -2.06. The number of carboxylic acids is 1. The molecule has 1 atom stereocenters. The van der Waals surface area contributed by atoms with Crippen LogP contribution in [0.25, 0.3) is 0 Å². The molecule has 0 saturated carbocycles. The van der Waals surface area contributed by atoms with E-state index in [4.69, 9.17) is 9.94 Å². The van der Waals surface area contributed by atoms with Gasteiger partial charge in [-0.05, 0) is 5.56 Å². The molecule has 0 aliphatic carbocycles. The molecule has 1 aromatic rings. The van der Waals surface area contributed by atoms with Crippen LogP contribution in [-0.4, -0.2) is 23.4 Å². The van der Waals surface area contributed by atoms with Gasteiger partial charge in [0.25, 0.3) is 0 Å². The number of benzene rings is 1. The Balaban J connectivity index is 2.18. The minimum absolute atomic E-state index is 0.0632. The van der Waals surface area contributed by atoms with Crippen LogP contribution in [0.15, 0.2) is 35.5 Å². The lowest BCUT2D eigenvalue weighted by atomic mass is 9.95. The van der Waals surface area contributed by atoms with Gasteiger partial charge in [-0.2, -0.15) is 0 Å². The normalized spacial score (nSPS) is 19.5. The van der Waals surface area contributed by atoms with Crippen molar-refractivity contribution in [2.75, 3.05) is 6.61 Å². The number of hydrogen-bond acceptors (Lipinski definition) is 3. The first kappa shape index (κ1) is 9.71. The summed E-state index contributed by atoms with van der Waals surface area (Å²) < 4.78 is 0. The van der Waals surface area contributed by atoms with Crippen molar-refractivity contribution in [3.05, 3.63) is 35.9 Å². The van der Waals surface area contributed by atoms with Crippen LogP contribution in [0.5, 0.6) is 0 Å². The molecule has 78 valence electrons. The highest BCUT2D eigenvalue weighted by Gasteiger charge is 2.26. The average Bonchev–Trinajstić information content (AvgIpc) is 2.66. The van der Waals surface area contributed by atoms with Gasteiger partial charge >= 0.3 is 5.97 Å². The Hall–Kier alpha value is -1.84. The quantitative estimate of drug-likeness (QED) is 0.813. The van der Waals surface area contributed by atoms with Gasteiger partial charge in [0.05, 0.1) is 18.1 Å². The van der Waals surface area contributed by atoms with Gasteiger partial charge in [0.15, 0.2) is 0 Å². The Morgan fingerprint density at radius 1 is 1.47 bits per heavy atom. The van der Waals surface area contributed by atoms with Crippen molar-refractivity contribution in [3.63, 3.8) is 0 Å². The minimum Gasteiger partial charge on any atom is -0.481 e. The van der Waals surface area contributed by atoms with Crippen LogP contribution in [0.1, 0.15) is 12.0 Å². The summed E-state index contributed by atoms with van der Waals surface area (Å²) in [5.74, 6) is -0.959. The molecule has 4 heteroatoms. The lowest BCUT2D eigenvalue weighted by molar-refractivity contribution is -0.137. The molecule has 0 saturated heterocycles. The van der Waals surface area contributed by atoms with Gasteiger partial charge in [-0.1, -0.05) is 35.5 Å². The molecule has 1 aliphatic rings. The van der Waals surface area contributed by atoms with Gasteiger partial charge in [-0.3, -0.25) is 4.79 Å². The smallest absolute Gasteiger partial charge is 0.304 e. The molecule has 0 aromatic heterocycles. The molecule has 1 aromatic carbocycles. The Bertz CT molecular complexity index is 386. The van der Waals surface area contributed by atoms with Gasteiger partial charge in [-0.25, -0.2) is 0 Å². The van der Waals surface area contributed by atoms with Crippen molar-refractivity contribution in [2.24, 2.45) is 11.1 Å². The molecule has 0 radical (unpaired) electrons. The van der Waals surface area contributed by atoms with Crippen molar-refractivity contribution in [2.45, 2.75) is 6.42 Å². The van der Waals surface area contributed by atoms with Gasteiger partial charge in [-0.15, -0.1) is 0 Å². The topological polar surface area (TPSA) is 58.9 Å². The summed E-state index contributed by atoms with van der Waals surface area (Å²) in [7, 11) is 0. The number of carboxylic acid groups (broad SMARTS) is 1. The van der Waals surface area contributed by atoms with Crippen molar-refractivity contribution in [1.29, 1.82) is 0 Å². The van der Waals surface area contributed by atoms with Crippen LogP contribution < -0.4 is 0 Å². The maximum atomic E-state index is 10.6.